The van der Waals surface area contributed by atoms with E-state index in [-0.39, 0.29) is 5.56 Å². The van der Waals surface area contributed by atoms with Gasteiger partial charge >= 0.3 is 0 Å². The van der Waals surface area contributed by atoms with Gasteiger partial charge in [-0.1, -0.05) is 41.1 Å². The number of ether oxygens (including phenoxy) is 1. The average molecular weight is 412 g/mol. The number of rotatable bonds is 5. The second-order valence-electron chi connectivity index (χ2n) is 5.56. The number of aromatic nitrogens is 2. The van der Waals surface area contributed by atoms with Crippen LogP contribution in [-0.2, 0) is 6.42 Å². The number of allylic oxidation sites excluding steroid dienone is 1. The molecule has 6 heteroatoms. The van der Waals surface area contributed by atoms with Crippen LogP contribution in [0.1, 0.15) is 18.3 Å². The Hall–Kier alpha value is -2.73. The smallest absolute Gasteiger partial charge is 0.282 e. The van der Waals surface area contributed by atoms with Gasteiger partial charge in [-0.15, -0.1) is 0 Å². The molecule has 132 valence electrons. The van der Waals surface area contributed by atoms with Gasteiger partial charge < -0.3 is 4.74 Å². The number of hydrogen-bond acceptors (Lipinski definition) is 4. The molecule has 2 aromatic carbocycles. The summed E-state index contributed by atoms with van der Waals surface area (Å²) in [6, 6.07) is 13.1. The molecule has 5 nitrogen and oxygen atoms in total. The Morgan fingerprint density at radius 2 is 2.00 bits per heavy atom. The first-order valence-electron chi connectivity index (χ1n) is 8.18. The number of fused-ring (bicyclic) bond motifs is 1. The first-order valence-corrected chi connectivity index (χ1v) is 8.98. The van der Waals surface area contributed by atoms with Crippen LogP contribution in [0.3, 0.4) is 0 Å². The molecule has 0 aliphatic heterocycles. The van der Waals surface area contributed by atoms with Crippen molar-refractivity contribution >= 4 is 39.1 Å². The highest BCUT2D eigenvalue weighted by molar-refractivity contribution is 9.10. The van der Waals surface area contributed by atoms with E-state index in [1.54, 1.807) is 25.5 Å². The molecule has 1 aromatic heterocycles. The van der Waals surface area contributed by atoms with Crippen LogP contribution in [0.2, 0.25) is 0 Å². The van der Waals surface area contributed by atoms with E-state index < -0.39 is 0 Å². The molecular formula is C20H18BrN3O2. The molecular weight excluding hydrogens is 394 g/mol. The molecule has 0 aliphatic carbocycles. The van der Waals surface area contributed by atoms with Crippen molar-refractivity contribution < 1.29 is 4.74 Å². The molecule has 0 N–H and O–H groups in total. The molecule has 3 rings (SSSR count). The van der Waals surface area contributed by atoms with Crippen molar-refractivity contribution in [2.45, 2.75) is 13.3 Å². The third-order valence-electron chi connectivity index (χ3n) is 3.86. The van der Waals surface area contributed by atoms with E-state index in [0.29, 0.717) is 23.1 Å². The first-order chi connectivity index (χ1) is 12.6. The molecule has 0 radical (unpaired) electrons. The quantitative estimate of drug-likeness (QED) is 0.588. The number of benzene rings is 2. The lowest BCUT2D eigenvalue weighted by Crippen LogP contribution is -2.22. The predicted molar refractivity (Wildman–Crippen MR) is 109 cm³/mol. The molecule has 0 atom stereocenters. The predicted octanol–water partition coefficient (Wildman–Crippen LogP) is 4.28. The lowest BCUT2D eigenvalue weighted by Gasteiger charge is -2.07. The lowest BCUT2D eigenvalue weighted by molar-refractivity contribution is 0.415. The topological polar surface area (TPSA) is 56.5 Å². The molecule has 3 aromatic rings. The van der Waals surface area contributed by atoms with Gasteiger partial charge in [0.25, 0.3) is 5.56 Å². The van der Waals surface area contributed by atoms with E-state index in [1.807, 2.05) is 49.4 Å². The van der Waals surface area contributed by atoms with Crippen LogP contribution in [0.5, 0.6) is 5.75 Å². The minimum absolute atomic E-state index is 0.178. The molecule has 0 bridgehead atoms. The van der Waals surface area contributed by atoms with Gasteiger partial charge in [-0.25, -0.2) is 4.98 Å². The summed E-state index contributed by atoms with van der Waals surface area (Å²) in [5, 5.41) is 4.83. The standard InChI is InChI=1S/C20H18BrN3O2/c1-3-19-23-18-11-8-15(21)13-17(18)20(25)24(19)22-12-4-5-14-6-9-16(26-2)10-7-14/h4-13H,3H2,1-2H3/b5-4+,22-12?. The van der Waals surface area contributed by atoms with Gasteiger partial charge in [0, 0.05) is 17.1 Å². The van der Waals surface area contributed by atoms with E-state index in [0.717, 1.165) is 15.8 Å². The van der Waals surface area contributed by atoms with E-state index >= 15 is 0 Å². The summed E-state index contributed by atoms with van der Waals surface area (Å²) in [7, 11) is 1.64. The SMILES string of the molecule is CCc1nc2ccc(Br)cc2c(=O)n1N=C/C=C/c1ccc(OC)cc1. The van der Waals surface area contributed by atoms with Crippen molar-refractivity contribution in [3.63, 3.8) is 0 Å². The third-order valence-corrected chi connectivity index (χ3v) is 4.36. The Morgan fingerprint density at radius 3 is 2.69 bits per heavy atom. The Labute approximate surface area is 159 Å². The van der Waals surface area contributed by atoms with Crippen molar-refractivity contribution in [3.8, 4) is 5.75 Å². The zero-order chi connectivity index (χ0) is 18.5. The third kappa shape index (κ3) is 3.91. The molecule has 0 saturated carbocycles. The van der Waals surface area contributed by atoms with Crippen molar-refractivity contribution in [2.75, 3.05) is 7.11 Å². The fourth-order valence-electron chi connectivity index (χ4n) is 2.52. The Bertz CT molecular complexity index is 1040. The molecule has 1 heterocycles. The van der Waals surface area contributed by atoms with Crippen molar-refractivity contribution in [1.29, 1.82) is 0 Å². The molecule has 0 amide bonds. The number of halogens is 1. The van der Waals surface area contributed by atoms with Gasteiger partial charge in [-0.05, 0) is 42.0 Å². The summed E-state index contributed by atoms with van der Waals surface area (Å²) in [6.07, 6.45) is 5.90. The summed E-state index contributed by atoms with van der Waals surface area (Å²) in [5.41, 5.74) is 1.51. The van der Waals surface area contributed by atoms with Gasteiger partial charge in [0.15, 0.2) is 0 Å². The van der Waals surface area contributed by atoms with Crippen LogP contribution < -0.4 is 10.3 Å². The van der Waals surface area contributed by atoms with Crippen LogP contribution >= 0.6 is 15.9 Å². The Balaban J connectivity index is 1.91. The van der Waals surface area contributed by atoms with Crippen molar-refractivity contribution in [3.05, 3.63) is 74.8 Å². The lowest BCUT2D eigenvalue weighted by atomic mass is 10.2. The molecule has 0 fully saturated rings. The second kappa shape index (κ2) is 8.10. The zero-order valence-corrected chi connectivity index (χ0v) is 16.1. The van der Waals surface area contributed by atoms with Crippen LogP contribution in [0.15, 0.2) is 62.9 Å². The number of hydrogen-bond donors (Lipinski definition) is 0. The van der Waals surface area contributed by atoms with Gasteiger partial charge in [0.2, 0.25) is 0 Å². The summed E-state index contributed by atoms with van der Waals surface area (Å²) in [6.45, 7) is 1.95. The van der Waals surface area contributed by atoms with Crippen molar-refractivity contribution in [2.24, 2.45) is 5.10 Å². The van der Waals surface area contributed by atoms with Crippen LogP contribution in [-0.4, -0.2) is 23.0 Å². The normalized spacial score (nSPS) is 11.7. The van der Waals surface area contributed by atoms with Gasteiger partial charge in [0.1, 0.15) is 11.6 Å². The van der Waals surface area contributed by atoms with E-state index in [9.17, 15) is 4.79 Å². The van der Waals surface area contributed by atoms with E-state index in [2.05, 4.69) is 26.0 Å². The summed E-state index contributed by atoms with van der Waals surface area (Å²) in [5.74, 6) is 1.43. The Morgan fingerprint density at radius 1 is 1.23 bits per heavy atom. The number of aryl methyl sites for hydroxylation is 1. The first kappa shape index (κ1) is 18.1. The fraction of sp³-hybridized carbons (Fsp3) is 0.150. The molecule has 0 saturated heterocycles. The van der Waals surface area contributed by atoms with Crippen LogP contribution in [0.25, 0.3) is 17.0 Å². The highest BCUT2D eigenvalue weighted by atomic mass is 79.9. The maximum atomic E-state index is 12.7. The summed E-state index contributed by atoms with van der Waals surface area (Å²) >= 11 is 3.39. The Kier molecular flexibility index (Phi) is 5.63. The fourth-order valence-corrected chi connectivity index (χ4v) is 2.88. The van der Waals surface area contributed by atoms with Crippen molar-refractivity contribution in [1.82, 2.24) is 9.66 Å². The summed E-state index contributed by atoms with van der Waals surface area (Å²) in [4.78, 5) is 17.3. The molecule has 0 spiro atoms. The summed E-state index contributed by atoms with van der Waals surface area (Å²) < 4.78 is 7.33. The van der Waals surface area contributed by atoms with E-state index in [1.165, 1.54) is 4.68 Å². The average Bonchev–Trinajstić information content (AvgIpc) is 2.67. The maximum absolute atomic E-state index is 12.7. The number of nitrogens with zero attached hydrogens (tertiary/aromatic N) is 3. The second-order valence-corrected chi connectivity index (χ2v) is 6.47. The highest BCUT2D eigenvalue weighted by Gasteiger charge is 2.09. The minimum atomic E-state index is -0.178. The highest BCUT2D eigenvalue weighted by Crippen LogP contribution is 2.16. The molecule has 0 aliphatic rings. The zero-order valence-electron chi connectivity index (χ0n) is 14.5. The molecule has 0 unspecified atom stereocenters. The maximum Gasteiger partial charge on any atom is 0.282 e. The minimum Gasteiger partial charge on any atom is -0.497 e. The monoisotopic (exact) mass is 411 g/mol. The largest absolute Gasteiger partial charge is 0.497 e. The van der Waals surface area contributed by atoms with Crippen LogP contribution in [0, 0.1) is 0 Å². The van der Waals surface area contributed by atoms with E-state index in [4.69, 9.17) is 4.74 Å². The van der Waals surface area contributed by atoms with Gasteiger partial charge in [-0.3, -0.25) is 4.79 Å². The molecule has 26 heavy (non-hydrogen) atoms. The van der Waals surface area contributed by atoms with Gasteiger partial charge in [0.05, 0.1) is 18.0 Å². The number of methoxy groups -OCH3 is 1. The van der Waals surface area contributed by atoms with Gasteiger partial charge in [-0.2, -0.15) is 9.78 Å². The van der Waals surface area contributed by atoms with Crippen LogP contribution in [0.4, 0.5) is 0 Å².